The van der Waals surface area contributed by atoms with Gasteiger partial charge in [0.25, 0.3) is 5.56 Å². The maximum atomic E-state index is 13.4. The first kappa shape index (κ1) is 35.5. The second-order valence-electron chi connectivity index (χ2n) is 13.6. The third kappa shape index (κ3) is 6.84. The molecule has 0 radical (unpaired) electrons. The van der Waals surface area contributed by atoms with Crippen LogP contribution in [0.25, 0.3) is 39.0 Å². The minimum atomic E-state index is -1.11. The minimum Gasteiger partial charge on any atom is -0.481 e. The standard InChI is InChI=1S/C37H37Cl2N7O6/c1-37(51)19-44(20-37)18-30-42-46-16-22(14-29(46)35(48)43(30)2)24-6-4-7-25(32(24)38)26-8-5-9-27(33(26)39)28-12-10-21(34(41-28)52-3)15-45(36(49)50)17-23-11-13-31(47)40-23/h4-10,12,14,16,23,51H,11,13,15,17-20H2,1-3H3,(H,40,47)(H,49,50)/t23-/m0/s1. The lowest BCUT2D eigenvalue weighted by molar-refractivity contribution is -0.119. The van der Waals surface area contributed by atoms with E-state index in [1.165, 1.54) is 16.6 Å². The second kappa shape index (κ2) is 13.9. The van der Waals surface area contributed by atoms with Gasteiger partial charge in [-0.15, -0.1) is 0 Å². The summed E-state index contributed by atoms with van der Waals surface area (Å²) in [5.41, 5.74) is 3.91. The molecule has 15 heteroatoms. The van der Waals surface area contributed by atoms with Crippen molar-refractivity contribution in [3.8, 4) is 39.4 Å². The highest BCUT2D eigenvalue weighted by molar-refractivity contribution is 6.39. The summed E-state index contributed by atoms with van der Waals surface area (Å²) in [5.74, 6) is 0.745. The minimum absolute atomic E-state index is 0.0217. The number of rotatable bonds is 10. The molecule has 270 valence electrons. The smallest absolute Gasteiger partial charge is 0.407 e. The monoisotopic (exact) mass is 745 g/mol. The number of nitrogens with zero attached hydrogens (tertiary/aromatic N) is 6. The number of carboxylic acid groups (broad SMARTS) is 1. The van der Waals surface area contributed by atoms with E-state index in [2.05, 4.69) is 5.32 Å². The maximum absolute atomic E-state index is 13.4. The molecule has 3 N–H and O–H groups in total. The quantitative estimate of drug-likeness (QED) is 0.178. The van der Waals surface area contributed by atoms with Gasteiger partial charge < -0.3 is 25.2 Å². The predicted molar refractivity (Wildman–Crippen MR) is 197 cm³/mol. The fraction of sp³-hybridized carbons (Fsp3) is 0.324. The van der Waals surface area contributed by atoms with E-state index in [1.807, 2.05) is 41.3 Å². The van der Waals surface area contributed by atoms with Gasteiger partial charge in [0.05, 0.1) is 41.5 Å². The number of hydrogen-bond donors (Lipinski definition) is 3. The summed E-state index contributed by atoms with van der Waals surface area (Å²) in [7, 11) is 3.16. The number of nitrogens with one attached hydrogen (secondary N) is 1. The van der Waals surface area contributed by atoms with Crippen molar-refractivity contribution >= 4 is 40.7 Å². The van der Waals surface area contributed by atoms with Gasteiger partial charge in [-0.25, -0.2) is 14.3 Å². The first-order valence-corrected chi connectivity index (χ1v) is 17.5. The molecule has 2 aromatic carbocycles. The number of aliphatic hydroxyl groups is 1. The molecule has 2 aliphatic rings. The van der Waals surface area contributed by atoms with Gasteiger partial charge in [0.15, 0.2) is 0 Å². The number of methoxy groups -OCH3 is 1. The van der Waals surface area contributed by atoms with Gasteiger partial charge in [0, 0.05) is 78.7 Å². The van der Waals surface area contributed by atoms with Crippen molar-refractivity contribution in [3.05, 3.63) is 92.6 Å². The molecule has 5 heterocycles. The predicted octanol–water partition coefficient (Wildman–Crippen LogP) is 5.07. The van der Waals surface area contributed by atoms with Crippen LogP contribution in [-0.2, 0) is 24.9 Å². The first-order valence-electron chi connectivity index (χ1n) is 16.7. The van der Waals surface area contributed by atoms with Gasteiger partial charge in [-0.1, -0.05) is 59.6 Å². The average molecular weight is 747 g/mol. The highest BCUT2D eigenvalue weighted by Gasteiger charge is 2.37. The van der Waals surface area contributed by atoms with Gasteiger partial charge in [-0.05, 0) is 31.5 Å². The van der Waals surface area contributed by atoms with Crippen molar-refractivity contribution < 1.29 is 24.5 Å². The molecule has 1 atom stereocenters. The summed E-state index contributed by atoms with van der Waals surface area (Å²) in [6, 6.07) is 16.2. The molecular formula is C37H37Cl2N7O6. The van der Waals surface area contributed by atoms with E-state index in [-0.39, 0.29) is 36.5 Å². The Bertz CT molecular complexity index is 2280. The number of fused-ring (bicyclic) bond motifs is 1. The van der Waals surface area contributed by atoms with Gasteiger partial charge in [0.2, 0.25) is 11.8 Å². The number of β-amino-alcohol motifs (C(OH)–C–C–N with tert-alkyl or cyclic N) is 1. The molecule has 7 rings (SSSR count). The van der Waals surface area contributed by atoms with E-state index in [0.717, 1.165) is 0 Å². The SMILES string of the molecule is COc1nc(-c2cccc(-c3cccc(-c4cc5c(=O)n(C)c(CN6CC(C)(O)C6)nn5c4)c3Cl)c2Cl)ccc1CN(C[C@@H]1CCC(=O)N1)C(=O)O. The Hall–Kier alpha value is -4.95. The molecule has 52 heavy (non-hydrogen) atoms. The zero-order valence-corrected chi connectivity index (χ0v) is 30.3. The summed E-state index contributed by atoms with van der Waals surface area (Å²) in [5, 5.41) is 28.4. The van der Waals surface area contributed by atoms with E-state index >= 15 is 0 Å². The summed E-state index contributed by atoms with van der Waals surface area (Å²) < 4.78 is 8.70. The highest BCUT2D eigenvalue weighted by Crippen LogP contribution is 2.42. The van der Waals surface area contributed by atoms with Crippen LogP contribution in [0.3, 0.4) is 0 Å². The van der Waals surface area contributed by atoms with Crippen molar-refractivity contribution in [2.45, 2.75) is 44.5 Å². The number of halogens is 2. The highest BCUT2D eigenvalue weighted by atomic mass is 35.5. The molecular weight excluding hydrogens is 709 g/mol. The molecule has 3 aromatic heterocycles. The van der Waals surface area contributed by atoms with E-state index in [9.17, 15) is 24.6 Å². The number of pyridine rings is 1. The second-order valence-corrected chi connectivity index (χ2v) is 14.4. The van der Waals surface area contributed by atoms with Gasteiger partial charge >= 0.3 is 6.09 Å². The molecule has 2 aliphatic heterocycles. The Labute approximate surface area is 309 Å². The lowest BCUT2D eigenvalue weighted by Crippen LogP contribution is -2.59. The van der Waals surface area contributed by atoms with Crippen LogP contribution in [0, 0.1) is 0 Å². The molecule has 0 aliphatic carbocycles. The molecule has 0 unspecified atom stereocenters. The van der Waals surface area contributed by atoms with Crippen LogP contribution in [0.1, 0.15) is 31.2 Å². The van der Waals surface area contributed by atoms with E-state index < -0.39 is 11.7 Å². The zero-order chi connectivity index (χ0) is 36.9. The maximum Gasteiger partial charge on any atom is 0.407 e. The fourth-order valence-electron chi connectivity index (χ4n) is 7.00. The number of ether oxygens (including phenoxy) is 1. The molecule has 0 bridgehead atoms. The summed E-state index contributed by atoms with van der Waals surface area (Å²) in [6.45, 7) is 3.40. The molecule has 0 saturated carbocycles. The van der Waals surface area contributed by atoms with Crippen LogP contribution < -0.4 is 15.6 Å². The Balaban J connectivity index is 1.17. The van der Waals surface area contributed by atoms with E-state index in [1.54, 1.807) is 42.9 Å². The van der Waals surface area contributed by atoms with Crippen molar-refractivity contribution in [3.63, 3.8) is 0 Å². The Kier molecular flexibility index (Phi) is 9.46. The van der Waals surface area contributed by atoms with Crippen molar-refractivity contribution in [1.82, 2.24) is 34.3 Å². The van der Waals surface area contributed by atoms with Crippen molar-refractivity contribution in [1.29, 1.82) is 0 Å². The van der Waals surface area contributed by atoms with Gasteiger partial charge in [-0.2, -0.15) is 5.10 Å². The number of benzene rings is 2. The molecule has 5 aromatic rings. The number of likely N-dealkylation sites (tertiary alicyclic amines) is 1. The van der Waals surface area contributed by atoms with Crippen LogP contribution in [0.4, 0.5) is 4.79 Å². The molecule has 0 spiro atoms. The third-order valence-corrected chi connectivity index (χ3v) is 10.4. The first-order chi connectivity index (χ1) is 24.8. The number of aromatic nitrogens is 4. The Morgan fingerprint density at radius 1 is 1.06 bits per heavy atom. The average Bonchev–Trinajstić information content (AvgIpc) is 3.72. The zero-order valence-electron chi connectivity index (χ0n) is 28.8. The molecule has 2 amide bonds. The van der Waals surface area contributed by atoms with Crippen LogP contribution >= 0.6 is 23.2 Å². The number of hydrogen-bond acceptors (Lipinski definition) is 8. The summed E-state index contributed by atoms with van der Waals surface area (Å²) in [4.78, 5) is 45.0. The largest absolute Gasteiger partial charge is 0.481 e. The van der Waals surface area contributed by atoms with Crippen molar-refractivity contribution in [2.24, 2.45) is 7.05 Å². The van der Waals surface area contributed by atoms with Crippen LogP contribution in [0.15, 0.2) is 65.6 Å². The fourth-order valence-corrected chi connectivity index (χ4v) is 7.66. The molecule has 2 fully saturated rings. The molecule has 13 nitrogen and oxygen atoms in total. The van der Waals surface area contributed by atoms with E-state index in [4.69, 9.17) is 38.0 Å². The molecule has 2 saturated heterocycles. The van der Waals surface area contributed by atoms with Crippen LogP contribution in [-0.4, -0.2) is 89.6 Å². The Morgan fingerprint density at radius 3 is 2.37 bits per heavy atom. The van der Waals surface area contributed by atoms with E-state index in [0.29, 0.717) is 92.9 Å². The van der Waals surface area contributed by atoms with Crippen LogP contribution in [0.2, 0.25) is 10.0 Å². The number of amides is 2. The van der Waals surface area contributed by atoms with Crippen molar-refractivity contribution in [2.75, 3.05) is 26.7 Å². The number of carbonyl (C=O) groups is 2. The lowest BCUT2D eigenvalue weighted by Gasteiger charge is -2.44. The summed E-state index contributed by atoms with van der Waals surface area (Å²) in [6.07, 6.45) is 1.62. The lowest BCUT2D eigenvalue weighted by atomic mass is 9.97. The van der Waals surface area contributed by atoms with Gasteiger partial charge in [0.1, 0.15) is 11.3 Å². The number of carbonyl (C=O) groups excluding carboxylic acids is 1. The topological polar surface area (TPSA) is 155 Å². The van der Waals surface area contributed by atoms with Gasteiger partial charge in [-0.3, -0.25) is 19.1 Å². The summed E-state index contributed by atoms with van der Waals surface area (Å²) >= 11 is 14.2. The Morgan fingerprint density at radius 2 is 1.73 bits per heavy atom. The van der Waals surface area contributed by atoms with Crippen LogP contribution in [0.5, 0.6) is 5.88 Å². The normalized spacial score (nSPS) is 16.9. The third-order valence-electron chi connectivity index (χ3n) is 9.59.